The predicted molar refractivity (Wildman–Crippen MR) is 121 cm³/mol. The highest BCUT2D eigenvalue weighted by molar-refractivity contribution is 5.66. The Morgan fingerprint density at radius 3 is 2.21 bits per heavy atom. The zero-order valence-corrected chi connectivity index (χ0v) is 18.5. The fourth-order valence-corrected chi connectivity index (χ4v) is 3.11. The van der Waals surface area contributed by atoms with E-state index in [1.54, 1.807) is 0 Å². The molecule has 1 heterocycles. The minimum atomic E-state index is 0.529. The first-order chi connectivity index (χ1) is 14.2. The molecule has 4 heteroatoms. The summed E-state index contributed by atoms with van der Waals surface area (Å²) in [5.41, 5.74) is 1.78. The summed E-state index contributed by atoms with van der Waals surface area (Å²) in [5, 5.41) is 8.61. The van der Waals surface area contributed by atoms with Crippen LogP contribution in [0.15, 0.2) is 36.4 Å². The molecule has 0 saturated heterocycles. The molecule has 1 aromatic carbocycles. The maximum Gasteiger partial charge on any atom is 0.233 e. The van der Waals surface area contributed by atoms with Crippen molar-refractivity contribution in [3.8, 4) is 22.9 Å². The van der Waals surface area contributed by atoms with Crippen molar-refractivity contribution >= 4 is 0 Å². The zero-order valence-electron chi connectivity index (χ0n) is 18.5. The van der Waals surface area contributed by atoms with Gasteiger partial charge in [-0.15, -0.1) is 10.2 Å². The fourth-order valence-electron chi connectivity index (χ4n) is 3.11. The molecule has 4 nitrogen and oxygen atoms in total. The first kappa shape index (κ1) is 23.2. The predicted octanol–water partition coefficient (Wildman–Crippen LogP) is 7.09. The molecule has 0 N–H and O–H groups in total. The van der Waals surface area contributed by atoms with Gasteiger partial charge in [-0.3, -0.25) is 0 Å². The van der Waals surface area contributed by atoms with Crippen LogP contribution in [0.3, 0.4) is 0 Å². The van der Waals surface area contributed by atoms with Crippen LogP contribution in [0.1, 0.15) is 78.6 Å². The number of ether oxygens (including phenoxy) is 2. The van der Waals surface area contributed by atoms with Gasteiger partial charge in [0, 0.05) is 11.6 Å². The number of para-hydroxylation sites is 1. The molecule has 2 aromatic rings. The number of aromatic nitrogens is 2. The van der Waals surface area contributed by atoms with E-state index in [2.05, 4.69) is 31.0 Å². The number of hydrogen-bond donors (Lipinski definition) is 0. The van der Waals surface area contributed by atoms with Crippen molar-refractivity contribution in [2.75, 3.05) is 13.2 Å². The van der Waals surface area contributed by atoms with E-state index < -0.39 is 0 Å². The molecule has 0 aliphatic rings. The van der Waals surface area contributed by atoms with E-state index >= 15 is 0 Å². The molecule has 1 aromatic heterocycles. The summed E-state index contributed by atoms with van der Waals surface area (Å²) < 4.78 is 11.8. The van der Waals surface area contributed by atoms with E-state index in [1.165, 1.54) is 44.9 Å². The average Bonchev–Trinajstić information content (AvgIpc) is 2.77. The molecule has 0 spiro atoms. The molecule has 0 saturated carbocycles. The molecule has 2 rings (SSSR count). The highest BCUT2D eigenvalue weighted by atomic mass is 16.5. The van der Waals surface area contributed by atoms with Crippen LogP contribution >= 0.6 is 0 Å². The van der Waals surface area contributed by atoms with Gasteiger partial charge in [-0.2, -0.15) is 0 Å². The van der Waals surface area contributed by atoms with E-state index in [-0.39, 0.29) is 0 Å². The Hall–Kier alpha value is -2.10. The number of nitrogens with zero attached hydrogens (tertiary/aromatic N) is 2. The summed E-state index contributed by atoms with van der Waals surface area (Å²) in [5.74, 6) is 1.98. The van der Waals surface area contributed by atoms with Gasteiger partial charge in [0.15, 0.2) is 0 Å². The molecule has 0 aliphatic carbocycles. The van der Waals surface area contributed by atoms with Crippen molar-refractivity contribution in [2.24, 2.45) is 5.92 Å². The molecule has 1 atom stereocenters. The maximum atomic E-state index is 6.01. The topological polar surface area (TPSA) is 44.2 Å². The molecule has 0 aliphatic heterocycles. The van der Waals surface area contributed by atoms with Crippen molar-refractivity contribution in [3.63, 3.8) is 0 Å². The number of benzene rings is 1. The van der Waals surface area contributed by atoms with E-state index in [1.807, 2.05) is 36.4 Å². The standard InChI is InChI=1S/C25H38N2O2/c1-4-6-7-8-9-10-11-14-19-28-25-18-17-23(26-27-25)22-15-12-13-16-24(22)29-20-21(3)5-2/h12-13,15-18,21H,4-11,14,19-20H2,1-3H3. The Balaban J connectivity index is 1.76. The van der Waals surface area contributed by atoms with Gasteiger partial charge in [0.1, 0.15) is 5.75 Å². The summed E-state index contributed by atoms with van der Waals surface area (Å²) in [4.78, 5) is 0. The van der Waals surface area contributed by atoms with Gasteiger partial charge in [0.05, 0.1) is 18.9 Å². The molecule has 0 fully saturated rings. The molecular formula is C25H38N2O2. The van der Waals surface area contributed by atoms with Crippen molar-refractivity contribution in [2.45, 2.75) is 78.6 Å². The molecule has 160 valence electrons. The lowest BCUT2D eigenvalue weighted by atomic mass is 10.1. The Morgan fingerprint density at radius 1 is 0.793 bits per heavy atom. The Labute approximate surface area is 177 Å². The van der Waals surface area contributed by atoms with Crippen molar-refractivity contribution in [3.05, 3.63) is 36.4 Å². The normalized spacial score (nSPS) is 12.0. The van der Waals surface area contributed by atoms with Gasteiger partial charge in [0.25, 0.3) is 0 Å². The Bertz CT molecular complexity index is 673. The largest absolute Gasteiger partial charge is 0.493 e. The summed E-state index contributed by atoms with van der Waals surface area (Å²) in [6, 6.07) is 11.9. The SMILES string of the molecule is CCCCCCCCCCOc1ccc(-c2ccccc2OCC(C)CC)nn1. The lowest BCUT2D eigenvalue weighted by molar-refractivity contribution is 0.257. The van der Waals surface area contributed by atoms with Gasteiger partial charge in [-0.05, 0) is 30.5 Å². The van der Waals surface area contributed by atoms with Crippen LogP contribution < -0.4 is 9.47 Å². The lowest BCUT2D eigenvalue weighted by Crippen LogP contribution is -2.08. The van der Waals surface area contributed by atoms with Crippen LogP contribution in [0.25, 0.3) is 11.3 Å². The van der Waals surface area contributed by atoms with Crippen molar-refractivity contribution in [1.82, 2.24) is 10.2 Å². The number of unbranched alkanes of at least 4 members (excludes halogenated alkanes) is 7. The van der Waals surface area contributed by atoms with Gasteiger partial charge < -0.3 is 9.47 Å². The maximum absolute atomic E-state index is 6.01. The molecular weight excluding hydrogens is 360 g/mol. The third kappa shape index (κ3) is 8.84. The number of hydrogen-bond acceptors (Lipinski definition) is 4. The third-order valence-electron chi connectivity index (χ3n) is 5.27. The highest BCUT2D eigenvalue weighted by Gasteiger charge is 2.10. The Kier molecular flexibility index (Phi) is 11.2. The van der Waals surface area contributed by atoms with Crippen LogP contribution in [0.4, 0.5) is 0 Å². The third-order valence-corrected chi connectivity index (χ3v) is 5.27. The first-order valence-electron chi connectivity index (χ1n) is 11.4. The van der Waals surface area contributed by atoms with Crippen LogP contribution in [-0.2, 0) is 0 Å². The summed E-state index contributed by atoms with van der Waals surface area (Å²) in [7, 11) is 0. The van der Waals surface area contributed by atoms with E-state index in [4.69, 9.17) is 9.47 Å². The molecule has 0 radical (unpaired) electrons. The summed E-state index contributed by atoms with van der Waals surface area (Å²) >= 11 is 0. The van der Waals surface area contributed by atoms with E-state index in [0.29, 0.717) is 25.0 Å². The van der Waals surface area contributed by atoms with Gasteiger partial charge >= 0.3 is 0 Å². The van der Waals surface area contributed by atoms with Crippen LogP contribution in [0.2, 0.25) is 0 Å². The molecule has 1 unspecified atom stereocenters. The van der Waals surface area contributed by atoms with Gasteiger partial charge in [-0.25, -0.2) is 0 Å². The smallest absolute Gasteiger partial charge is 0.233 e. The zero-order chi connectivity index (χ0) is 20.7. The molecule has 0 amide bonds. The van der Waals surface area contributed by atoms with Crippen LogP contribution in [0, 0.1) is 5.92 Å². The average molecular weight is 399 g/mol. The van der Waals surface area contributed by atoms with E-state index in [0.717, 1.165) is 29.8 Å². The van der Waals surface area contributed by atoms with E-state index in [9.17, 15) is 0 Å². The molecule has 29 heavy (non-hydrogen) atoms. The van der Waals surface area contributed by atoms with Gasteiger partial charge in [-0.1, -0.05) is 84.3 Å². The first-order valence-corrected chi connectivity index (χ1v) is 11.4. The minimum absolute atomic E-state index is 0.529. The second-order valence-electron chi connectivity index (χ2n) is 7.90. The minimum Gasteiger partial charge on any atom is -0.493 e. The second-order valence-corrected chi connectivity index (χ2v) is 7.90. The summed E-state index contributed by atoms with van der Waals surface area (Å²) in [6.45, 7) is 8.05. The second kappa shape index (κ2) is 14.0. The fraction of sp³-hybridized carbons (Fsp3) is 0.600. The van der Waals surface area contributed by atoms with Crippen molar-refractivity contribution < 1.29 is 9.47 Å². The van der Waals surface area contributed by atoms with Crippen LogP contribution in [0.5, 0.6) is 11.6 Å². The van der Waals surface area contributed by atoms with Crippen molar-refractivity contribution in [1.29, 1.82) is 0 Å². The summed E-state index contributed by atoms with van der Waals surface area (Å²) in [6.07, 6.45) is 11.5. The lowest BCUT2D eigenvalue weighted by Gasteiger charge is -2.14. The number of rotatable bonds is 15. The van der Waals surface area contributed by atoms with Gasteiger partial charge in [0.2, 0.25) is 5.88 Å². The monoisotopic (exact) mass is 398 g/mol. The van der Waals surface area contributed by atoms with Crippen LogP contribution in [-0.4, -0.2) is 23.4 Å². The Morgan fingerprint density at radius 2 is 1.52 bits per heavy atom. The highest BCUT2D eigenvalue weighted by Crippen LogP contribution is 2.29. The molecule has 0 bridgehead atoms. The quantitative estimate of drug-likeness (QED) is 0.300.